The summed E-state index contributed by atoms with van der Waals surface area (Å²) in [4.78, 5) is 12.3. The second-order valence-electron chi connectivity index (χ2n) is 4.86. The van der Waals surface area contributed by atoms with E-state index in [1.807, 2.05) is 13.0 Å². The first-order valence-electron chi connectivity index (χ1n) is 6.01. The number of carbonyl (C=O) groups is 1. The summed E-state index contributed by atoms with van der Waals surface area (Å²) in [5, 5.41) is 9.43. The smallest absolute Gasteiger partial charge is 0.307 e. The quantitative estimate of drug-likeness (QED) is 0.896. The van der Waals surface area contributed by atoms with E-state index in [9.17, 15) is 9.90 Å². The summed E-state index contributed by atoms with van der Waals surface area (Å²) >= 11 is 1.66. The van der Waals surface area contributed by atoms with Crippen molar-refractivity contribution >= 4 is 17.7 Å². The third-order valence-corrected chi connectivity index (χ3v) is 4.96. The number of hydrogen-bond donors (Lipinski definition) is 1. The molecule has 3 unspecified atom stereocenters. The van der Waals surface area contributed by atoms with Gasteiger partial charge in [-0.25, -0.2) is 0 Å². The molecular weight excluding hydrogens is 236 g/mol. The summed E-state index contributed by atoms with van der Waals surface area (Å²) < 4.78 is 5.26. The molecule has 0 bridgehead atoms. The highest BCUT2D eigenvalue weighted by atomic mass is 32.2. The highest BCUT2D eigenvalue weighted by Crippen LogP contribution is 2.41. The van der Waals surface area contributed by atoms with Crippen molar-refractivity contribution in [3.8, 4) is 0 Å². The highest BCUT2D eigenvalue weighted by molar-refractivity contribution is 8.00. The van der Waals surface area contributed by atoms with Crippen molar-refractivity contribution in [2.24, 2.45) is 11.8 Å². The minimum absolute atomic E-state index is 0.174. The van der Waals surface area contributed by atoms with Crippen molar-refractivity contribution in [2.75, 3.05) is 0 Å². The fourth-order valence-electron chi connectivity index (χ4n) is 2.40. The third-order valence-electron chi connectivity index (χ3n) is 3.46. The Morgan fingerprint density at radius 1 is 1.53 bits per heavy atom. The number of carboxylic acid groups (broad SMARTS) is 1. The first-order valence-corrected chi connectivity index (χ1v) is 6.89. The van der Waals surface area contributed by atoms with E-state index in [0.29, 0.717) is 5.92 Å². The second-order valence-corrected chi connectivity index (χ2v) is 6.14. The van der Waals surface area contributed by atoms with E-state index in [1.54, 1.807) is 18.0 Å². The van der Waals surface area contributed by atoms with E-state index in [1.165, 1.54) is 0 Å². The fraction of sp³-hybridized carbons (Fsp3) is 0.615. The predicted molar refractivity (Wildman–Crippen MR) is 67.2 cm³/mol. The van der Waals surface area contributed by atoms with E-state index in [2.05, 4.69) is 6.92 Å². The molecule has 0 aliphatic heterocycles. The van der Waals surface area contributed by atoms with Crippen LogP contribution < -0.4 is 0 Å². The molecule has 1 heterocycles. The van der Waals surface area contributed by atoms with Gasteiger partial charge in [-0.3, -0.25) is 4.79 Å². The van der Waals surface area contributed by atoms with Crippen molar-refractivity contribution in [3.05, 3.63) is 18.1 Å². The first kappa shape index (κ1) is 12.6. The van der Waals surface area contributed by atoms with Crippen molar-refractivity contribution in [2.45, 2.75) is 43.3 Å². The number of carboxylic acids is 1. The van der Waals surface area contributed by atoms with Gasteiger partial charge in [0.05, 0.1) is 12.2 Å². The van der Waals surface area contributed by atoms with Crippen molar-refractivity contribution in [1.82, 2.24) is 0 Å². The maximum Gasteiger partial charge on any atom is 0.307 e. The normalized spacial score (nSPS) is 29.2. The topological polar surface area (TPSA) is 50.4 Å². The largest absolute Gasteiger partial charge is 0.481 e. The third kappa shape index (κ3) is 2.86. The maximum absolute atomic E-state index is 11.2. The number of aliphatic carboxylic acids is 1. The molecule has 1 saturated carbocycles. The van der Waals surface area contributed by atoms with E-state index in [0.717, 1.165) is 29.9 Å². The second kappa shape index (κ2) is 5.17. The lowest BCUT2D eigenvalue weighted by Crippen LogP contribution is -2.32. The molecule has 1 aromatic rings. The molecule has 0 aromatic carbocycles. The lowest BCUT2D eigenvalue weighted by molar-refractivity contribution is -0.142. The van der Waals surface area contributed by atoms with Crippen LogP contribution in [0, 0.1) is 18.8 Å². The van der Waals surface area contributed by atoms with Gasteiger partial charge in [0, 0.05) is 10.1 Å². The van der Waals surface area contributed by atoms with Crippen LogP contribution in [0.4, 0.5) is 0 Å². The maximum atomic E-state index is 11.2. The monoisotopic (exact) mass is 254 g/mol. The number of rotatable bonds is 3. The van der Waals surface area contributed by atoms with Crippen LogP contribution in [-0.2, 0) is 4.79 Å². The first-order chi connectivity index (χ1) is 8.08. The molecule has 1 N–H and O–H groups in total. The molecule has 0 saturated heterocycles. The molecule has 3 nitrogen and oxygen atoms in total. The van der Waals surface area contributed by atoms with E-state index in [4.69, 9.17) is 4.42 Å². The molecule has 1 fully saturated rings. The van der Waals surface area contributed by atoms with Crippen molar-refractivity contribution in [1.29, 1.82) is 0 Å². The van der Waals surface area contributed by atoms with Gasteiger partial charge in [0.25, 0.3) is 0 Å². The van der Waals surface area contributed by atoms with E-state index in [-0.39, 0.29) is 11.2 Å². The van der Waals surface area contributed by atoms with Crippen LogP contribution in [0.5, 0.6) is 0 Å². The Morgan fingerprint density at radius 2 is 2.29 bits per heavy atom. The summed E-state index contributed by atoms with van der Waals surface area (Å²) in [6.07, 6.45) is 4.47. The Kier molecular flexibility index (Phi) is 3.82. The van der Waals surface area contributed by atoms with Crippen molar-refractivity contribution in [3.63, 3.8) is 0 Å². The SMILES string of the molecule is Cc1occc1SC1CC(C)CCC1C(=O)O. The Bertz CT molecular complexity index is 399. The highest BCUT2D eigenvalue weighted by Gasteiger charge is 2.34. The van der Waals surface area contributed by atoms with Crippen LogP contribution in [0.15, 0.2) is 21.6 Å². The van der Waals surface area contributed by atoms with Gasteiger partial charge in [0.15, 0.2) is 0 Å². The predicted octanol–water partition coefficient (Wildman–Crippen LogP) is 3.57. The van der Waals surface area contributed by atoms with Gasteiger partial charge in [-0.1, -0.05) is 6.92 Å². The summed E-state index contributed by atoms with van der Waals surface area (Å²) in [5.41, 5.74) is 0. The number of hydrogen-bond acceptors (Lipinski definition) is 3. The van der Waals surface area contributed by atoms with E-state index >= 15 is 0 Å². The van der Waals surface area contributed by atoms with Crippen LogP contribution in [0.25, 0.3) is 0 Å². The Morgan fingerprint density at radius 3 is 2.88 bits per heavy atom. The zero-order valence-corrected chi connectivity index (χ0v) is 11.0. The zero-order valence-electron chi connectivity index (χ0n) is 10.2. The molecule has 0 radical (unpaired) electrons. The van der Waals surface area contributed by atoms with Crippen LogP contribution in [0.2, 0.25) is 0 Å². The fourth-order valence-corrected chi connectivity index (χ4v) is 3.92. The number of aryl methyl sites for hydroxylation is 1. The van der Waals surface area contributed by atoms with Gasteiger partial charge in [0.1, 0.15) is 5.76 Å². The number of thioether (sulfide) groups is 1. The Hall–Kier alpha value is -0.900. The van der Waals surface area contributed by atoms with Crippen LogP contribution in [0.3, 0.4) is 0 Å². The summed E-state index contributed by atoms with van der Waals surface area (Å²) in [6.45, 7) is 4.12. The van der Waals surface area contributed by atoms with Gasteiger partial charge in [0.2, 0.25) is 0 Å². The Balaban J connectivity index is 2.10. The summed E-state index contributed by atoms with van der Waals surface area (Å²) in [5.74, 6) is 0.633. The Labute approximate surface area is 106 Å². The minimum atomic E-state index is -0.657. The van der Waals surface area contributed by atoms with Gasteiger partial charge >= 0.3 is 5.97 Å². The zero-order chi connectivity index (χ0) is 12.4. The summed E-state index contributed by atoms with van der Waals surface area (Å²) in [7, 11) is 0. The lowest BCUT2D eigenvalue weighted by atomic mass is 9.82. The molecule has 17 heavy (non-hydrogen) atoms. The van der Waals surface area contributed by atoms with Crippen LogP contribution in [-0.4, -0.2) is 16.3 Å². The van der Waals surface area contributed by atoms with Crippen molar-refractivity contribution < 1.29 is 14.3 Å². The van der Waals surface area contributed by atoms with Crippen LogP contribution >= 0.6 is 11.8 Å². The molecule has 0 amide bonds. The molecule has 1 aliphatic carbocycles. The molecule has 0 spiro atoms. The van der Waals surface area contributed by atoms with E-state index < -0.39 is 5.97 Å². The minimum Gasteiger partial charge on any atom is -0.481 e. The van der Waals surface area contributed by atoms with Gasteiger partial charge in [-0.05, 0) is 38.2 Å². The number of furan rings is 1. The molecular formula is C13H18O3S. The molecule has 3 atom stereocenters. The molecule has 1 aromatic heterocycles. The average Bonchev–Trinajstić information content (AvgIpc) is 2.64. The molecule has 2 rings (SSSR count). The van der Waals surface area contributed by atoms with Gasteiger partial charge in [-0.15, -0.1) is 11.8 Å². The molecule has 1 aliphatic rings. The summed E-state index contributed by atoms with van der Waals surface area (Å²) in [6, 6.07) is 1.93. The van der Waals surface area contributed by atoms with Gasteiger partial charge in [-0.2, -0.15) is 0 Å². The van der Waals surface area contributed by atoms with Gasteiger partial charge < -0.3 is 9.52 Å². The van der Waals surface area contributed by atoms with Crippen LogP contribution in [0.1, 0.15) is 31.9 Å². The average molecular weight is 254 g/mol. The standard InChI is InChI=1S/C13H18O3S/c1-8-3-4-10(13(14)15)12(7-8)17-11-5-6-16-9(11)2/h5-6,8,10,12H,3-4,7H2,1-2H3,(H,14,15). The lowest BCUT2D eigenvalue weighted by Gasteiger charge is -2.31. The molecule has 94 valence electrons. The molecule has 4 heteroatoms.